The van der Waals surface area contributed by atoms with Gasteiger partial charge in [-0.3, -0.25) is 14.4 Å². The quantitative estimate of drug-likeness (QED) is 0.693. The molecule has 1 saturated heterocycles. The molecule has 0 bridgehead atoms. The average Bonchev–Trinajstić information content (AvgIpc) is 3.33. The SMILES string of the molecule is Cc1cccc(C(=O)N2CCCCCCNC(=O)[C@@H]3C[C@@H](C(=O)N4CCc5ccccc5C4)C[C@@H]32)c1. The highest BCUT2D eigenvalue weighted by Crippen LogP contribution is 2.38. The molecule has 1 saturated carbocycles. The summed E-state index contributed by atoms with van der Waals surface area (Å²) in [7, 11) is 0. The number of nitrogens with one attached hydrogen (secondary N) is 1. The van der Waals surface area contributed by atoms with E-state index in [1.165, 1.54) is 11.1 Å². The Hall–Kier alpha value is -3.15. The topological polar surface area (TPSA) is 69.7 Å². The Balaban J connectivity index is 1.40. The Labute approximate surface area is 214 Å². The Morgan fingerprint density at radius 1 is 0.917 bits per heavy atom. The largest absolute Gasteiger partial charge is 0.356 e. The van der Waals surface area contributed by atoms with Crippen LogP contribution in [0.1, 0.15) is 65.6 Å². The molecule has 0 spiro atoms. The van der Waals surface area contributed by atoms with E-state index in [0.717, 1.165) is 37.7 Å². The van der Waals surface area contributed by atoms with Crippen LogP contribution in [0.15, 0.2) is 48.5 Å². The molecule has 3 aliphatic rings. The lowest BCUT2D eigenvalue weighted by Gasteiger charge is -2.33. The Morgan fingerprint density at radius 3 is 2.56 bits per heavy atom. The van der Waals surface area contributed by atoms with E-state index in [1.807, 2.05) is 47.1 Å². The van der Waals surface area contributed by atoms with Crippen LogP contribution in [0, 0.1) is 18.8 Å². The van der Waals surface area contributed by atoms with Crippen LogP contribution in [-0.4, -0.2) is 53.2 Å². The lowest BCUT2D eigenvalue weighted by atomic mass is 9.97. The maximum atomic E-state index is 13.8. The fourth-order valence-corrected chi connectivity index (χ4v) is 6.25. The minimum atomic E-state index is -0.358. The van der Waals surface area contributed by atoms with Crippen LogP contribution in [0.4, 0.5) is 0 Å². The summed E-state index contributed by atoms with van der Waals surface area (Å²) in [6.45, 7) is 4.61. The van der Waals surface area contributed by atoms with E-state index < -0.39 is 0 Å². The van der Waals surface area contributed by atoms with E-state index in [0.29, 0.717) is 44.6 Å². The highest BCUT2D eigenvalue weighted by molar-refractivity contribution is 5.95. The predicted octanol–water partition coefficient (Wildman–Crippen LogP) is 4.11. The van der Waals surface area contributed by atoms with Gasteiger partial charge in [0.2, 0.25) is 11.8 Å². The van der Waals surface area contributed by atoms with E-state index in [-0.39, 0.29) is 35.6 Å². The van der Waals surface area contributed by atoms with Gasteiger partial charge in [0.25, 0.3) is 5.91 Å². The van der Waals surface area contributed by atoms with Crippen molar-refractivity contribution in [3.63, 3.8) is 0 Å². The van der Waals surface area contributed by atoms with Gasteiger partial charge in [-0.25, -0.2) is 0 Å². The van der Waals surface area contributed by atoms with Crippen molar-refractivity contribution in [2.75, 3.05) is 19.6 Å². The summed E-state index contributed by atoms with van der Waals surface area (Å²) in [4.78, 5) is 44.7. The number of carbonyl (C=O) groups is 3. The van der Waals surface area contributed by atoms with Crippen molar-refractivity contribution in [3.8, 4) is 0 Å². The van der Waals surface area contributed by atoms with Gasteiger partial charge in [0.15, 0.2) is 0 Å². The van der Waals surface area contributed by atoms with E-state index in [4.69, 9.17) is 0 Å². The summed E-state index contributed by atoms with van der Waals surface area (Å²) in [5.74, 6) is -0.515. The molecule has 2 aromatic rings. The van der Waals surface area contributed by atoms with Gasteiger partial charge in [0.05, 0.1) is 5.92 Å². The minimum absolute atomic E-state index is 0.0109. The third-order valence-electron chi connectivity index (χ3n) is 8.21. The third-order valence-corrected chi connectivity index (χ3v) is 8.21. The van der Waals surface area contributed by atoms with E-state index >= 15 is 0 Å². The second-order valence-corrected chi connectivity index (χ2v) is 10.7. The van der Waals surface area contributed by atoms with Crippen molar-refractivity contribution in [1.29, 1.82) is 0 Å². The standard InChI is InChI=1S/C30H37N3O3/c1-21-9-8-12-23(17-21)30(36)33-15-7-3-2-6-14-31-28(34)26-18-25(19-27(26)33)29(35)32-16-13-22-10-4-5-11-24(22)20-32/h4-5,8-12,17,25-27H,2-3,6-7,13-16,18-20H2,1H3,(H,31,34)/t25-,26-,27+/m1/s1. The molecule has 5 rings (SSSR count). The summed E-state index contributed by atoms with van der Waals surface area (Å²) in [6.07, 6.45) is 5.85. The summed E-state index contributed by atoms with van der Waals surface area (Å²) in [6, 6.07) is 15.7. The maximum absolute atomic E-state index is 13.8. The second kappa shape index (κ2) is 10.9. The molecule has 3 amide bonds. The highest BCUT2D eigenvalue weighted by atomic mass is 16.2. The van der Waals surface area contributed by atoms with Crippen LogP contribution in [0.5, 0.6) is 0 Å². The van der Waals surface area contributed by atoms with E-state index in [9.17, 15) is 14.4 Å². The van der Waals surface area contributed by atoms with Gasteiger partial charge in [-0.1, -0.05) is 54.8 Å². The summed E-state index contributed by atoms with van der Waals surface area (Å²) < 4.78 is 0. The molecule has 36 heavy (non-hydrogen) atoms. The number of benzene rings is 2. The minimum Gasteiger partial charge on any atom is -0.356 e. The fraction of sp³-hybridized carbons (Fsp3) is 0.500. The van der Waals surface area contributed by atoms with Crippen molar-refractivity contribution in [2.45, 2.75) is 64.5 Å². The summed E-state index contributed by atoms with van der Waals surface area (Å²) >= 11 is 0. The van der Waals surface area contributed by atoms with Crippen LogP contribution < -0.4 is 5.32 Å². The monoisotopic (exact) mass is 487 g/mol. The lowest BCUT2D eigenvalue weighted by molar-refractivity contribution is -0.136. The van der Waals surface area contributed by atoms with Gasteiger partial charge in [0.1, 0.15) is 0 Å². The van der Waals surface area contributed by atoms with Gasteiger partial charge >= 0.3 is 0 Å². The number of fused-ring (bicyclic) bond motifs is 2. The molecule has 190 valence electrons. The van der Waals surface area contributed by atoms with Crippen LogP contribution in [0.2, 0.25) is 0 Å². The zero-order valence-corrected chi connectivity index (χ0v) is 21.2. The van der Waals surface area contributed by atoms with Crippen molar-refractivity contribution >= 4 is 17.7 Å². The smallest absolute Gasteiger partial charge is 0.254 e. The number of carbonyl (C=O) groups excluding carboxylic acids is 3. The molecule has 0 unspecified atom stereocenters. The zero-order chi connectivity index (χ0) is 25.1. The average molecular weight is 488 g/mol. The van der Waals surface area contributed by atoms with E-state index in [1.54, 1.807) is 0 Å². The van der Waals surface area contributed by atoms with Crippen LogP contribution in [0.3, 0.4) is 0 Å². The first kappa shape index (κ1) is 24.5. The predicted molar refractivity (Wildman–Crippen MR) is 139 cm³/mol. The van der Waals surface area contributed by atoms with Gasteiger partial charge < -0.3 is 15.1 Å². The normalized spacial score (nSPS) is 24.8. The molecule has 6 nitrogen and oxygen atoms in total. The first-order valence-electron chi connectivity index (χ1n) is 13.5. The molecule has 2 fully saturated rings. The lowest BCUT2D eigenvalue weighted by Crippen LogP contribution is -2.47. The molecule has 6 heteroatoms. The molecule has 2 heterocycles. The Bertz CT molecular complexity index is 1130. The summed E-state index contributed by atoms with van der Waals surface area (Å²) in [5, 5.41) is 3.11. The number of hydrogen-bond acceptors (Lipinski definition) is 3. The van der Waals surface area contributed by atoms with Crippen LogP contribution >= 0.6 is 0 Å². The molecule has 0 aromatic heterocycles. The number of aryl methyl sites for hydroxylation is 1. The number of amides is 3. The van der Waals surface area contributed by atoms with Crippen molar-refractivity contribution in [3.05, 3.63) is 70.8 Å². The molecule has 2 aliphatic heterocycles. The van der Waals surface area contributed by atoms with E-state index in [2.05, 4.69) is 23.5 Å². The Morgan fingerprint density at radius 2 is 1.72 bits per heavy atom. The highest BCUT2D eigenvalue weighted by Gasteiger charge is 2.46. The molecule has 0 radical (unpaired) electrons. The zero-order valence-electron chi connectivity index (χ0n) is 21.2. The Kier molecular flexibility index (Phi) is 7.40. The number of nitrogens with zero attached hydrogens (tertiary/aromatic N) is 2. The van der Waals surface area contributed by atoms with Crippen molar-refractivity contribution in [1.82, 2.24) is 15.1 Å². The van der Waals surface area contributed by atoms with Gasteiger partial charge in [-0.15, -0.1) is 0 Å². The molecule has 1 N–H and O–H groups in total. The molecule has 3 atom stereocenters. The molecular weight excluding hydrogens is 450 g/mol. The molecule has 2 aromatic carbocycles. The second-order valence-electron chi connectivity index (χ2n) is 10.7. The number of rotatable bonds is 2. The van der Waals surface area contributed by atoms with Crippen molar-refractivity contribution < 1.29 is 14.4 Å². The van der Waals surface area contributed by atoms with Gasteiger partial charge in [-0.05, 0) is 62.3 Å². The molecule has 1 aliphatic carbocycles. The first-order chi connectivity index (χ1) is 17.5. The number of hydrogen-bond donors (Lipinski definition) is 1. The third kappa shape index (κ3) is 5.18. The maximum Gasteiger partial charge on any atom is 0.254 e. The van der Waals surface area contributed by atoms with Crippen LogP contribution in [0.25, 0.3) is 0 Å². The van der Waals surface area contributed by atoms with Crippen LogP contribution in [-0.2, 0) is 22.6 Å². The fourth-order valence-electron chi connectivity index (χ4n) is 6.25. The van der Waals surface area contributed by atoms with Crippen molar-refractivity contribution in [2.24, 2.45) is 11.8 Å². The first-order valence-corrected chi connectivity index (χ1v) is 13.5. The summed E-state index contributed by atoms with van der Waals surface area (Å²) in [5.41, 5.74) is 4.22. The van der Waals surface area contributed by atoms with Gasteiger partial charge in [-0.2, -0.15) is 0 Å². The molecular formula is C30H37N3O3. The van der Waals surface area contributed by atoms with Gasteiger partial charge in [0, 0.05) is 43.7 Å².